The highest BCUT2D eigenvalue weighted by atomic mass is 14.7. The Morgan fingerprint density at radius 3 is 2.50 bits per heavy atom. The monoisotopic (exact) mass is 185 g/mol. The zero-order valence-electron chi connectivity index (χ0n) is 8.70. The van der Waals surface area contributed by atoms with Crippen molar-refractivity contribution in [3.05, 3.63) is 42.0 Å². The second kappa shape index (κ2) is 3.41. The first-order chi connectivity index (χ1) is 6.70. The first kappa shape index (κ1) is 9.20. The van der Waals surface area contributed by atoms with E-state index in [1.807, 2.05) is 6.07 Å². The Labute approximate surface area is 85.2 Å². The van der Waals surface area contributed by atoms with Crippen LogP contribution in [0.15, 0.2) is 41.4 Å². The van der Waals surface area contributed by atoms with Crippen molar-refractivity contribution in [2.24, 2.45) is 10.4 Å². The predicted octanol–water partition coefficient (Wildman–Crippen LogP) is 3.18. The third-order valence-electron chi connectivity index (χ3n) is 2.59. The van der Waals surface area contributed by atoms with Crippen molar-refractivity contribution in [2.75, 3.05) is 6.54 Å². The Hall–Kier alpha value is -1.37. The van der Waals surface area contributed by atoms with E-state index in [2.05, 4.69) is 55.4 Å². The number of hydrogen-bond donors (Lipinski definition) is 0. The van der Waals surface area contributed by atoms with Gasteiger partial charge in [0.2, 0.25) is 0 Å². The van der Waals surface area contributed by atoms with Gasteiger partial charge in [-0.25, -0.2) is 0 Å². The molecule has 0 N–H and O–H groups in total. The fourth-order valence-electron chi connectivity index (χ4n) is 1.87. The van der Waals surface area contributed by atoms with E-state index < -0.39 is 0 Å². The van der Waals surface area contributed by atoms with Gasteiger partial charge in [-0.15, -0.1) is 0 Å². The molecule has 0 aromatic heterocycles. The number of rotatable bonds is 1. The average Bonchev–Trinajstić information content (AvgIpc) is 2.18. The standard InChI is InChI=1S/C13H15N/c1-13(2)10-14-9-8-12(13)11-6-4-3-5-7-11/h3-8,10H,9H2,1-2H3. The van der Waals surface area contributed by atoms with Crippen molar-refractivity contribution >= 4 is 11.8 Å². The van der Waals surface area contributed by atoms with E-state index in [9.17, 15) is 0 Å². The molecule has 0 atom stereocenters. The van der Waals surface area contributed by atoms with E-state index in [1.54, 1.807) is 0 Å². The lowest BCUT2D eigenvalue weighted by Gasteiger charge is -2.26. The molecule has 1 aliphatic heterocycles. The summed E-state index contributed by atoms with van der Waals surface area (Å²) in [6, 6.07) is 10.5. The molecular weight excluding hydrogens is 170 g/mol. The molecule has 14 heavy (non-hydrogen) atoms. The van der Waals surface area contributed by atoms with Crippen LogP contribution >= 0.6 is 0 Å². The Bertz CT molecular complexity index is 371. The van der Waals surface area contributed by atoms with Gasteiger partial charge < -0.3 is 0 Å². The van der Waals surface area contributed by atoms with Gasteiger partial charge in [0.1, 0.15) is 0 Å². The summed E-state index contributed by atoms with van der Waals surface area (Å²) in [7, 11) is 0. The molecule has 1 nitrogen and oxygen atoms in total. The summed E-state index contributed by atoms with van der Waals surface area (Å²) in [4.78, 5) is 4.30. The van der Waals surface area contributed by atoms with Crippen molar-refractivity contribution < 1.29 is 0 Å². The van der Waals surface area contributed by atoms with Crippen LogP contribution in [0.25, 0.3) is 5.57 Å². The number of hydrogen-bond acceptors (Lipinski definition) is 1. The third-order valence-corrected chi connectivity index (χ3v) is 2.59. The Morgan fingerprint density at radius 2 is 1.86 bits per heavy atom. The van der Waals surface area contributed by atoms with Crippen LogP contribution in [0.5, 0.6) is 0 Å². The zero-order valence-corrected chi connectivity index (χ0v) is 8.70. The molecular formula is C13H15N. The van der Waals surface area contributed by atoms with Gasteiger partial charge in [-0.05, 0) is 11.1 Å². The lowest BCUT2D eigenvalue weighted by molar-refractivity contribution is 0.705. The van der Waals surface area contributed by atoms with Gasteiger partial charge in [0, 0.05) is 11.6 Å². The van der Waals surface area contributed by atoms with E-state index in [0.29, 0.717) is 0 Å². The summed E-state index contributed by atoms with van der Waals surface area (Å²) < 4.78 is 0. The molecule has 0 unspecified atom stereocenters. The highest BCUT2D eigenvalue weighted by Gasteiger charge is 2.23. The minimum Gasteiger partial charge on any atom is -0.292 e. The van der Waals surface area contributed by atoms with E-state index in [0.717, 1.165) is 6.54 Å². The molecule has 2 rings (SSSR count). The molecule has 1 heteroatoms. The van der Waals surface area contributed by atoms with Gasteiger partial charge in [0.15, 0.2) is 0 Å². The fraction of sp³-hybridized carbons (Fsp3) is 0.308. The second-order valence-corrected chi connectivity index (χ2v) is 4.20. The Kier molecular flexibility index (Phi) is 2.24. The van der Waals surface area contributed by atoms with Crippen LogP contribution in [0.4, 0.5) is 0 Å². The van der Waals surface area contributed by atoms with Gasteiger partial charge >= 0.3 is 0 Å². The quantitative estimate of drug-likeness (QED) is 0.637. The molecule has 0 radical (unpaired) electrons. The summed E-state index contributed by atoms with van der Waals surface area (Å²) in [6.07, 6.45) is 4.27. The van der Waals surface area contributed by atoms with Crippen LogP contribution in [-0.4, -0.2) is 12.8 Å². The normalized spacial score (nSPS) is 19.1. The van der Waals surface area contributed by atoms with Gasteiger partial charge in [-0.3, -0.25) is 4.99 Å². The van der Waals surface area contributed by atoms with Crippen molar-refractivity contribution in [1.29, 1.82) is 0 Å². The molecule has 1 heterocycles. The average molecular weight is 185 g/mol. The maximum Gasteiger partial charge on any atom is 0.0572 e. The number of aliphatic imine (C=N–C) groups is 1. The maximum atomic E-state index is 4.30. The van der Waals surface area contributed by atoms with Crippen molar-refractivity contribution in [1.82, 2.24) is 0 Å². The van der Waals surface area contributed by atoms with Crippen molar-refractivity contribution in [2.45, 2.75) is 13.8 Å². The number of benzene rings is 1. The minimum absolute atomic E-state index is 0.0691. The predicted molar refractivity (Wildman–Crippen MR) is 61.6 cm³/mol. The topological polar surface area (TPSA) is 12.4 Å². The highest BCUT2D eigenvalue weighted by molar-refractivity contribution is 5.88. The summed E-state index contributed by atoms with van der Waals surface area (Å²) in [5.74, 6) is 0. The van der Waals surface area contributed by atoms with E-state index in [1.165, 1.54) is 11.1 Å². The van der Waals surface area contributed by atoms with Gasteiger partial charge in [-0.2, -0.15) is 0 Å². The fourth-order valence-corrected chi connectivity index (χ4v) is 1.87. The van der Waals surface area contributed by atoms with Gasteiger partial charge in [0.25, 0.3) is 0 Å². The molecule has 0 amide bonds. The highest BCUT2D eigenvalue weighted by Crippen LogP contribution is 2.34. The molecule has 1 aromatic rings. The van der Waals surface area contributed by atoms with Crippen LogP contribution in [-0.2, 0) is 0 Å². The summed E-state index contributed by atoms with van der Waals surface area (Å²) in [6.45, 7) is 5.22. The molecule has 0 saturated carbocycles. The molecule has 0 fully saturated rings. The summed E-state index contributed by atoms with van der Waals surface area (Å²) in [5, 5.41) is 0. The van der Waals surface area contributed by atoms with Crippen molar-refractivity contribution in [3.63, 3.8) is 0 Å². The van der Waals surface area contributed by atoms with Gasteiger partial charge in [-0.1, -0.05) is 50.3 Å². The molecule has 0 aliphatic carbocycles. The minimum atomic E-state index is 0.0691. The van der Waals surface area contributed by atoms with Crippen LogP contribution < -0.4 is 0 Å². The summed E-state index contributed by atoms with van der Waals surface area (Å²) in [5.41, 5.74) is 2.76. The number of nitrogens with zero attached hydrogens (tertiary/aromatic N) is 1. The molecule has 0 bridgehead atoms. The van der Waals surface area contributed by atoms with Gasteiger partial charge in [0.05, 0.1) is 6.54 Å². The third kappa shape index (κ3) is 1.63. The Balaban J connectivity index is 2.40. The van der Waals surface area contributed by atoms with Crippen molar-refractivity contribution in [3.8, 4) is 0 Å². The van der Waals surface area contributed by atoms with Crippen LogP contribution in [0.1, 0.15) is 19.4 Å². The zero-order chi connectivity index (χ0) is 10.0. The molecule has 1 aromatic carbocycles. The molecule has 1 aliphatic rings. The lowest BCUT2D eigenvalue weighted by atomic mass is 9.80. The molecule has 0 spiro atoms. The first-order valence-corrected chi connectivity index (χ1v) is 4.97. The smallest absolute Gasteiger partial charge is 0.0572 e. The largest absolute Gasteiger partial charge is 0.292 e. The SMILES string of the molecule is CC1(C)C=NCC=C1c1ccccc1. The van der Waals surface area contributed by atoms with Crippen LogP contribution in [0, 0.1) is 5.41 Å². The van der Waals surface area contributed by atoms with Crippen LogP contribution in [0.2, 0.25) is 0 Å². The lowest BCUT2D eigenvalue weighted by Crippen LogP contribution is -2.19. The maximum absolute atomic E-state index is 4.30. The van der Waals surface area contributed by atoms with Crippen LogP contribution in [0.3, 0.4) is 0 Å². The molecule has 72 valence electrons. The number of dihydropyridines is 1. The van der Waals surface area contributed by atoms with E-state index in [4.69, 9.17) is 0 Å². The summed E-state index contributed by atoms with van der Waals surface area (Å²) >= 11 is 0. The number of allylic oxidation sites excluding steroid dienone is 1. The molecule has 0 saturated heterocycles. The van der Waals surface area contributed by atoms with E-state index >= 15 is 0 Å². The first-order valence-electron chi connectivity index (χ1n) is 4.97. The van der Waals surface area contributed by atoms with E-state index in [-0.39, 0.29) is 5.41 Å². The Morgan fingerprint density at radius 1 is 1.14 bits per heavy atom. The second-order valence-electron chi connectivity index (χ2n) is 4.20.